The molecule has 2 rings (SSSR count). The zero-order chi connectivity index (χ0) is 13.3. The summed E-state index contributed by atoms with van der Waals surface area (Å²) in [6.45, 7) is 0.756. The van der Waals surface area contributed by atoms with Crippen molar-refractivity contribution < 1.29 is 14.7 Å². The number of carbonyl (C=O) groups excluding carboxylic acids is 1. The van der Waals surface area contributed by atoms with Crippen LogP contribution in [-0.4, -0.2) is 53.1 Å². The third kappa shape index (κ3) is 2.03. The second-order valence-electron chi connectivity index (χ2n) is 5.13. The number of hydrogen-bond acceptors (Lipinski definition) is 2. The van der Waals surface area contributed by atoms with Crippen LogP contribution in [0.2, 0.25) is 0 Å². The third-order valence-electron chi connectivity index (χ3n) is 4.04. The summed E-state index contributed by atoms with van der Waals surface area (Å²) in [5.74, 6) is 1.96. The average Bonchev–Trinajstić information content (AvgIpc) is 2.86. The molecule has 1 heterocycles. The fraction of sp³-hybridized carbons (Fsp3) is 0.692. The lowest BCUT2D eigenvalue weighted by atomic mass is 9.94. The summed E-state index contributed by atoms with van der Waals surface area (Å²) in [6.07, 6.45) is 8.18. The lowest BCUT2D eigenvalue weighted by molar-refractivity contribution is -0.142. The summed E-state index contributed by atoms with van der Waals surface area (Å²) >= 11 is 0. The molecule has 5 nitrogen and oxygen atoms in total. The smallest absolute Gasteiger partial charge is 0.326 e. The van der Waals surface area contributed by atoms with Crippen LogP contribution in [0.15, 0.2) is 0 Å². The highest BCUT2D eigenvalue weighted by atomic mass is 16.4. The molecule has 1 N–H and O–H groups in total. The molecule has 0 aromatic carbocycles. The van der Waals surface area contributed by atoms with Gasteiger partial charge in [-0.05, 0) is 24.7 Å². The molecular weight excluding hydrogens is 232 g/mol. The fourth-order valence-electron chi connectivity index (χ4n) is 3.24. The molecule has 0 radical (unpaired) electrons. The van der Waals surface area contributed by atoms with Gasteiger partial charge in [-0.2, -0.15) is 0 Å². The van der Waals surface area contributed by atoms with Crippen molar-refractivity contribution in [3.8, 4) is 12.3 Å². The molecule has 1 aliphatic carbocycles. The Balaban J connectivity index is 2.15. The van der Waals surface area contributed by atoms with Crippen molar-refractivity contribution in [1.29, 1.82) is 0 Å². The van der Waals surface area contributed by atoms with Crippen molar-refractivity contribution in [3.05, 3.63) is 0 Å². The van der Waals surface area contributed by atoms with E-state index in [0.717, 1.165) is 19.3 Å². The SMILES string of the molecule is C#CCN(C)C(=O)N1CC2CCCC2C1C(=O)O. The summed E-state index contributed by atoms with van der Waals surface area (Å²) in [7, 11) is 1.61. The second-order valence-corrected chi connectivity index (χ2v) is 5.13. The number of terminal acetylenes is 1. The number of nitrogens with zero attached hydrogens (tertiary/aromatic N) is 2. The molecule has 2 fully saturated rings. The maximum atomic E-state index is 12.2. The maximum Gasteiger partial charge on any atom is 0.326 e. The fourth-order valence-corrected chi connectivity index (χ4v) is 3.24. The van der Waals surface area contributed by atoms with Crippen LogP contribution < -0.4 is 0 Å². The highest BCUT2D eigenvalue weighted by molar-refractivity contribution is 5.84. The molecule has 1 aliphatic heterocycles. The van der Waals surface area contributed by atoms with Gasteiger partial charge in [0.2, 0.25) is 0 Å². The van der Waals surface area contributed by atoms with Crippen molar-refractivity contribution in [2.24, 2.45) is 11.8 Å². The first-order valence-corrected chi connectivity index (χ1v) is 6.24. The van der Waals surface area contributed by atoms with Gasteiger partial charge in [-0.1, -0.05) is 12.3 Å². The first-order chi connectivity index (χ1) is 8.56. The van der Waals surface area contributed by atoms with E-state index in [1.54, 1.807) is 7.05 Å². The summed E-state index contributed by atoms with van der Waals surface area (Å²) < 4.78 is 0. The minimum absolute atomic E-state index is 0.116. The Bertz CT molecular complexity index is 402. The Morgan fingerprint density at radius 2 is 2.22 bits per heavy atom. The van der Waals surface area contributed by atoms with Gasteiger partial charge in [0.25, 0.3) is 0 Å². The van der Waals surface area contributed by atoms with Crippen LogP contribution in [0.25, 0.3) is 0 Å². The first-order valence-electron chi connectivity index (χ1n) is 6.24. The van der Waals surface area contributed by atoms with E-state index in [1.807, 2.05) is 0 Å². The molecule has 1 saturated carbocycles. The molecule has 0 aromatic rings. The second kappa shape index (κ2) is 4.89. The average molecular weight is 250 g/mol. The Kier molecular flexibility index (Phi) is 3.46. The number of carboxylic acid groups (broad SMARTS) is 1. The van der Waals surface area contributed by atoms with Crippen LogP contribution in [0, 0.1) is 24.2 Å². The molecular formula is C13H18N2O3. The van der Waals surface area contributed by atoms with Gasteiger partial charge in [-0.15, -0.1) is 6.42 Å². The molecule has 3 atom stereocenters. The number of rotatable bonds is 2. The highest BCUT2D eigenvalue weighted by Crippen LogP contribution is 2.42. The number of carbonyl (C=O) groups is 2. The van der Waals surface area contributed by atoms with Crippen molar-refractivity contribution in [3.63, 3.8) is 0 Å². The topological polar surface area (TPSA) is 60.9 Å². The molecule has 18 heavy (non-hydrogen) atoms. The van der Waals surface area contributed by atoms with Gasteiger partial charge >= 0.3 is 12.0 Å². The summed E-state index contributed by atoms with van der Waals surface area (Å²) in [5, 5.41) is 9.34. The van der Waals surface area contributed by atoms with Gasteiger partial charge in [0.1, 0.15) is 6.04 Å². The predicted molar refractivity (Wildman–Crippen MR) is 65.8 cm³/mol. The van der Waals surface area contributed by atoms with Crippen molar-refractivity contribution in [1.82, 2.24) is 9.80 Å². The van der Waals surface area contributed by atoms with E-state index in [2.05, 4.69) is 5.92 Å². The molecule has 0 aromatic heterocycles. The Morgan fingerprint density at radius 3 is 2.83 bits per heavy atom. The number of hydrogen-bond donors (Lipinski definition) is 1. The van der Waals surface area contributed by atoms with Gasteiger partial charge in [0.05, 0.1) is 6.54 Å². The van der Waals surface area contributed by atoms with Gasteiger partial charge in [0.15, 0.2) is 0 Å². The van der Waals surface area contributed by atoms with E-state index in [9.17, 15) is 14.7 Å². The molecule has 5 heteroatoms. The minimum Gasteiger partial charge on any atom is -0.480 e. The van der Waals surface area contributed by atoms with E-state index in [1.165, 1.54) is 9.80 Å². The number of amides is 2. The van der Waals surface area contributed by atoms with Crippen LogP contribution in [0.3, 0.4) is 0 Å². The van der Waals surface area contributed by atoms with Crippen LogP contribution in [0.4, 0.5) is 4.79 Å². The van der Waals surface area contributed by atoms with Gasteiger partial charge in [-0.25, -0.2) is 9.59 Å². The van der Waals surface area contributed by atoms with E-state index in [-0.39, 0.29) is 18.5 Å². The number of likely N-dealkylation sites (tertiary alicyclic amines) is 1. The number of fused-ring (bicyclic) bond motifs is 1. The number of urea groups is 1. The van der Waals surface area contributed by atoms with Crippen molar-refractivity contribution in [2.75, 3.05) is 20.1 Å². The van der Waals surface area contributed by atoms with Crippen LogP contribution in [0.1, 0.15) is 19.3 Å². The number of carboxylic acids is 1. The molecule has 2 aliphatic rings. The van der Waals surface area contributed by atoms with E-state index in [0.29, 0.717) is 12.5 Å². The van der Waals surface area contributed by atoms with E-state index in [4.69, 9.17) is 6.42 Å². The van der Waals surface area contributed by atoms with Gasteiger partial charge in [-0.3, -0.25) is 0 Å². The number of aliphatic carboxylic acids is 1. The zero-order valence-corrected chi connectivity index (χ0v) is 10.5. The predicted octanol–water partition coefficient (Wildman–Crippen LogP) is 0.857. The van der Waals surface area contributed by atoms with E-state index < -0.39 is 12.0 Å². The van der Waals surface area contributed by atoms with E-state index >= 15 is 0 Å². The quantitative estimate of drug-likeness (QED) is 0.739. The lowest BCUT2D eigenvalue weighted by Gasteiger charge is -2.28. The third-order valence-corrected chi connectivity index (χ3v) is 4.04. The van der Waals surface area contributed by atoms with Gasteiger partial charge < -0.3 is 14.9 Å². The summed E-state index contributed by atoms with van der Waals surface area (Å²) in [5.41, 5.74) is 0. The Labute approximate surface area is 107 Å². The largest absolute Gasteiger partial charge is 0.480 e. The van der Waals surface area contributed by atoms with Crippen LogP contribution in [0.5, 0.6) is 0 Å². The molecule has 3 unspecified atom stereocenters. The van der Waals surface area contributed by atoms with Crippen molar-refractivity contribution in [2.45, 2.75) is 25.3 Å². The van der Waals surface area contributed by atoms with Crippen LogP contribution >= 0.6 is 0 Å². The minimum atomic E-state index is -0.896. The van der Waals surface area contributed by atoms with Crippen LogP contribution in [-0.2, 0) is 4.79 Å². The highest BCUT2D eigenvalue weighted by Gasteiger charge is 2.50. The molecule has 98 valence electrons. The Morgan fingerprint density at radius 1 is 1.50 bits per heavy atom. The normalized spacial score (nSPS) is 29.8. The molecule has 2 amide bonds. The summed E-state index contributed by atoms with van der Waals surface area (Å²) in [4.78, 5) is 26.4. The first kappa shape index (κ1) is 12.7. The summed E-state index contributed by atoms with van der Waals surface area (Å²) in [6, 6.07) is -0.944. The lowest BCUT2D eigenvalue weighted by Crippen LogP contribution is -2.48. The monoisotopic (exact) mass is 250 g/mol. The standard InChI is InChI=1S/C13H18N2O3/c1-3-7-14(2)13(18)15-8-9-5-4-6-10(9)11(15)12(16)17/h1,9-11H,4-8H2,2H3,(H,16,17). The van der Waals surface area contributed by atoms with Gasteiger partial charge in [0, 0.05) is 13.6 Å². The molecule has 1 saturated heterocycles. The molecule has 0 spiro atoms. The molecule has 0 bridgehead atoms. The Hall–Kier alpha value is -1.70. The zero-order valence-electron chi connectivity index (χ0n) is 10.5. The maximum absolute atomic E-state index is 12.2. The van der Waals surface area contributed by atoms with Crippen molar-refractivity contribution >= 4 is 12.0 Å².